The van der Waals surface area contributed by atoms with Gasteiger partial charge in [-0.25, -0.2) is 0 Å². The molecular weight excluding hydrogens is 765 g/mol. The van der Waals surface area contributed by atoms with E-state index in [1.807, 2.05) is 35.6 Å². The summed E-state index contributed by atoms with van der Waals surface area (Å²) in [6.07, 6.45) is 0. The molecule has 13 rings (SSSR count). The molecule has 0 saturated heterocycles. The maximum Gasteiger partial charge on any atom is 0.137 e. The Hall–Kier alpha value is -7.86. The lowest BCUT2D eigenvalue weighted by Crippen LogP contribution is -2.09. The smallest absolute Gasteiger partial charge is 0.137 e. The molecule has 0 unspecified atom stereocenters. The molecule has 61 heavy (non-hydrogen) atoms. The summed E-state index contributed by atoms with van der Waals surface area (Å²) in [6.45, 7) is 0. The van der Waals surface area contributed by atoms with Gasteiger partial charge in [0.15, 0.2) is 0 Å². The van der Waals surface area contributed by atoms with E-state index in [4.69, 9.17) is 8.83 Å². The minimum absolute atomic E-state index is 0.873. The van der Waals surface area contributed by atoms with Crippen molar-refractivity contribution < 1.29 is 8.83 Å². The van der Waals surface area contributed by atoms with Crippen LogP contribution in [0.5, 0.6) is 0 Å². The molecule has 4 nitrogen and oxygen atoms in total. The Morgan fingerprint density at radius 2 is 0.705 bits per heavy atom. The fraction of sp³-hybridized carbons (Fsp3) is 0. The standard InChI is InChI=1S/C56H34N2O2S/c1-3-13-35(14-4-1)57(38-23-27-44-42-18-9-11-21-50(42)59-52(44)32-38)37-25-29-47-49(31-37)41-17-7-8-20-46(41)55-48-30-26-40(34-54(48)61-56(47)55)58(36-15-5-2-6-16-36)39-24-28-45-43-19-10-12-22-51(43)60-53(45)33-39/h1-34H. The van der Waals surface area contributed by atoms with Crippen molar-refractivity contribution in [2.24, 2.45) is 0 Å². The van der Waals surface area contributed by atoms with Crippen molar-refractivity contribution in [1.82, 2.24) is 0 Å². The molecule has 0 atom stereocenters. The summed E-state index contributed by atoms with van der Waals surface area (Å²) in [5.74, 6) is 0. The monoisotopic (exact) mass is 798 g/mol. The molecular formula is C56H34N2O2S. The summed E-state index contributed by atoms with van der Waals surface area (Å²) in [7, 11) is 0. The van der Waals surface area contributed by atoms with Crippen LogP contribution in [0.4, 0.5) is 34.1 Å². The van der Waals surface area contributed by atoms with Crippen LogP contribution in [0.1, 0.15) is 0 Å². The van der Waals surface area contributed by atoms with Crippen molar-refractivity contribution in [1.29, 1.82) is 0 Å². The first kappa shape index (κ1) is 34.0. The van der Waals surface area contributed by atoms with Crippen molar-refractivity contribution in [3.05, 3.63) is 206 Å². The van der Waals surface area contributed by atoms with Crippen molar-refractivity contribution in [3.63, 3.8) is 0 Å². The van der Waals surface area contributed by atoms with E-state index >= 15 is 0 Å². The van der Waals surface area contributed by atoms with E-state index in [9.17, 15) is 0 Å². The summed E-state index contributed by atoms with van der Waals surface area (Å²) in [4.78, 5) is 4.67. The molecule has 0 fully saturated rings. The molecule has 0 amide bonds. The molecule has 0 aliphatic carbocycles. The minimum atomic E-state index is 0.873. The Kier molecular flexibility index (Phi) is 7.44. The first-order valence-electron chi connectivity index (χ1n) is 20.6. The van der Waals surface area contributed by atoms with Crippen LogP contribution in [0, 0.1) is 0 Å². The fourth-order valence-electron chi connectivity index (χ4n) is 9.47. The Labute approximate surface area is 354 Å². The van der Waals surface area contributed by atoms with Gasteiger partial charge >= 0.3 is 0 Å². The normalized spacial score (nSPS) is 11.9. The van der Waals surface area contributed by atoms with Gasteiger partial charge in [-0.1, -0.05) is 109 Å². The summed E-state index contributed by atoms with van der Waals surface area (Å²) >= 11 is 1.87. The number of furan rings is 2. The predicted octanol–water partition coefficient (Wildman–Crippen LogP) is 17.1. The Bertz CT molecular complexity index is 3850. The van der Waals surface area contributed by atoms with Crippen LogP contribution in [0.25, 0.3) is 85.6 Å². The maximum absolute atomic E-state index is 6.39. The van der Waals surface area contributed by atoms with Crippen LogP contribution < -0.4 is 9.80 Å². The average molecular weight is 799 g/mol. The summed E-state index contributed by atoms with van der Waals surface area (Å²) < 4.78 is 15.3. The van der Waals surface area contributed by atoms with Gasteiger partial charge in [0.2, 0.25) is 0 Å². The third kappa shape index (κ3) is 5.31. The van der Waals surface area contributed by atoms with Crippen LogP contribution in [0.15, 0.2) is 215 Å². The highest BCUT2D eigenvalue weighted by Gasteiger charge is 2.21. The quantitative estimate of drug-likeness (QED) is 0.157. The zero-order chi connectivity index (χ0) is 40.0. The van der Waals surface area contributed by atoms with E-state index in [1.54, 1.807) is 0 Å². The van der Waals surface area contributed by atoms with Crippen LogP contribution in [0.2, 0.25) is 0 Å². The Morgan fingerprint density at radius 3 is 1.28 bits per heavy atom. The summed E-state index contributed by atoms with van der Waals surface area (Å²) in [6, 6.07) is 73.7. The fourth-order valence-corrected chi connectivity index (χ4v) is 10.8. The molecule has 3 heterocycles. The Morgan fingerprint density at radius 1 is 0.279 bits per heavy atom. The number of nitrogens with zero attached hydrogens (tertiary/aromatic N) is 2. The van der Waals surface area contributed by atoms with Gasteiger partial charge < -0.3 is 18.6 Å². The highest BCUT2D eigenvalue weighted by atomic mass is 32.1. The lowest BCUT2D eigenvalue weighted by Gasteiger charge is -2.26. The van der Waals surface area contributed by atoms with Crippen molar-refractivity contribution in [3.8, 4) is 0 Å². The van der Waals surface area contributed by atoms with Crippen LogP contribution in [-0.4, -0.2) is 0 Å². The molecule has 3 aromatic heterocycles. The highest BCUT2D eigenvalue weighted by Crippen LogP contribution is 2.48. The molecule has 0 spiro atoms. The molecule has 5 heteroatoms. The van der Waals surface area contributed by atoms with E-state index < -0.39 is 0 Å². The molecule has 0 radical (unpaired) electrons. The van der Waals surface area contributed by atoms with Crippen molar-refractivity contribution >= 4 is 131 Å². The largest absolute Gasteiger partial charge is 0.456 e. The van der Waals surface area contributed by atoms with Crippen LogP contribution in [0.3, 0.4) is 0 Å². The topological polar surface area (TPSA) is 32.8 Å². The van der Waals surface area contributed by atoms with E-state index in [0.717, 1.165) is 78.0 Å². The molecule has 0 bridgehead atoms. The van der Waals surface area contributed by atoms with Gasteiger partial charge in [0, 0.05) is 93.4 Å². The van der Waals surface area contributed by atoms with E-state index in [1.165, 1.54) is 41.7 Å². The van der Waals surface area contributed by atoms with Gasteiger partial charge in [-0.2, -0.15) is 0 Å². The zero-order valence-corrected chi connectivity index (χ0v) is 33.6. The molecule has 0 aliphatic heterocycles. The number of hydrogen-bond acceptors (Lipinski definition) is 5. The molecule has 286 valence electrons. The predicted molar refractivity (Wildman–Crippen MR) is 258 cm³/mol. The first-order valence-corrected chi connectivity index (χ1v) is 21.4. The van der Waals surface area contributed by atoms with Gasteiger partial charge in [0.05, 0.1) is 0 Å². The molecule has 10 aromatic carbocycles. The molecule has 13 aromatic rings. The number of hydrogen-bond donors (Lipinski definition) is 0. The molecule has 0 aliphatic rings. The first-order chi connectivity index (χ1) is 30.2. The summed E-state index contributed by atoms with van der Waals surface area (Å²) in [5.41, 5.74) is 9.98. The van der Waals surface area contributed by atoms with E-state index in [-0.39, 0.29) is 0 Å². The number of rotatable bonds is 6. The third-order valence-electron chi connectivity index (χ3n) is 12.2. The second-order valence-corrected chi connectivity index (χ2v) is 16.7. The summed E-state index contributed by atoms with van der Waals surface area (Å²) in [5, 5.41) is 12.0. The average Bonchev–Trinajstić information content (AvgIpc) is 4.01. The Balaban J connectivity index is 0.989. The van der Waals surface area contributed by atoms with Gasteiger partial charge in [-0.3, -0.25) is 0 Å². The molecule has 0 N–H and O–H groups in total. The number of para-hydroxylation sites is 4. The van der Waals surface area contributed by atoms with Crippen LogP contribution in [-0.2, 0) is 0 Å². The molecule has 0 saturated carbocycles. The van der Waals surface area contributed by atoms with Gasteiger partial charge in [0.1, 0.15) is 22.3 Å². The second-order valence-electron chi connectivity index (χ2n) is 15.7. The van der Waals surface area contributed by atoms with Gasteiger partial charge in [-0.15, -0.1) is 11.3 Å². The van der Waals surface area contributed by atoms with E-state index in [2.05, 4.69) is 192 Å². The van der Waals surface area contributed by atoms with Gasteiger partial charge in [0.25, 0.3) is 0 Å². The van der Waals surface area contributed by atoms with E-state index in [0.29, 0.717) is 0 Å². The highest BCUT2D eigenvalue weighted by molar-refractivity contribution is 7.27. The number of benzene rings is 10. The maximum atomic E-state index is 6.39. The second kappa shape index (κ2) is 13.3. The SMILES string of the molecule is c1ccc(N(c2ccc3c(c2)oc2ccccc23)c2ccc3c(c2)sc2c4ccc(N(c5ccccc5)c5ccc6c(c5)oc5ccccc56)cc4c4ccccc4c32)cc1. The van der Waals surface area contributed by atoms with Crippen molar-refractivity contribution in [2.75, 3.05) is 9.80 Å². The third-order valence-corrected chi connectivity index (χ3v) is 13.4. The van der Waals surface area contributed by atoms with Crippen molar-refractivity contribution in [2.45, 2.75) is 0 Å². The number of fused-ring (bicyclic) bond motifs is 14. The number of anilines is 6. The lowest BCUT2D eigenvalue weighted by atomic mass is 9.96. The minimum Gasteiger partial charge on any atom is -0.456 e. The number of thiophene rings is 1. The zero-order valence-electron chi connectivity index (χ0n) is 32.7. The lowest BCUT2D eigenvalue weighted by molar-refractivity contribution is 0.668. The van der Waals surface area contributed by atoms with Crippen LogP contribution >= 0.6 is 11.3 Å². The van der Waals surface area contributed by atoms with Gasteiger partial charge in [-0.05, 0) is 101 Å².